The quantitative estimate of drug-likeness (QED) is 0.700. The normalized spacial score (nSPS) is 11.0. The van der Waals surface area contributed by atoms with Gasteiger partial charge in [-0.3, -0.25) is 0 Å². The molecule has 68 valence electrons. The Balaban J connectivity index is 2.94. The maximum absolute atomic E-state index is 5.88. The third-order valence-electron chi connectivity index (χ3n) is 2.19. The summed E-state index contributed by atoms with van der Waals surface area (Å²) in [4.78, 5) is 4.33. The molecule has 4 heteroatoms. The summed E-state index contributed by atoms with van der Waals surface area (Å²) in [6.07, 6.45) is 1.82. The van der Waals surface area contributed by atoms with E-state index in [1.807, 2.05) is 24.4 Å². The van der Waals surface area contributed by atoms with E-state index in [1.54, 1.807) is 6.07 Å². The Morgan fingerprint density at radius 3 is 2.85 bits per heavy atom. The molecular weight excluding hydrogens is 186 g/mol. The van der Waals surface area contributed by atoms with Gasteiger partial charge in [0.15, 0.2) is 5.65 Å². The van der Waals surface area contributed by atoms with Gasteiger partial charge in [-0.15, -0.1) is 0 Å². The molecule has 0 spiro atoms. The van der Waals surface area contributed by atoms with E-state index in [1.165, 1.54) is 0 Å². The van der Waals surface area contributed by atoms with Gasteiger partial charge in [-0.1, -0.05) is 11.6 Å². The molecule has 0 bridgehead atoms. The average molecular weight is 196 g/mol. The Morgan fingerprint density at radius 2 is 2.15 bits per heavy atom. The average Bonchev–Trinajstić information content (AvgIpc) is 2.32. The summed E-state index contributed by atoms with van der Waals surface area (Å²) in [7, 11) is 0. The van der Waals surface area contributed by atoms with Crippen LogP contribution in [0.25, 0.3) is 5.65 Å². The molecule has 0 unspecified atom stereocenters. The van der Waals surface area contributed by atoms with E-state index in [2.05, 4.69) is 4.98 Å². The fourth-order valence-electron chi connectivity index (χ4n) is 1.36. The van der Waals surface area contributed by atoms with Crippen molar-refractivity contribution in [3.8, 4) is 0 Å². The van der Waals surface area contributed by atoms with Crippen LogP contribution in [0.15, 0.2) is 12.3 Å². The van der Waals surface area contributed by atoms with Gasteiger partial charge in [0.1, 0.15) is 0 Å². The van der Waals surface area contributed by atoms with Crippen molar-refractivity contribution in [2.24, 2.45) is 0 Å². The lowest BCUT2D eigenvalue weighted by Gasteiger charge is -2.00. The van der Waals surface area contributed by atoms with Gasteiger partial charge in [-0.2, -0.15) is 0 Å². The number of hydrogen-bond acceptors (Lipinski definition) is 2. The summed E-state index contributed by atoms with van der Waals surface area (Å²) in [5.74, 6) is 0. The zero-order valence-corrected chi connectivity index (χ0v) is 8.26. The first-order valence-electron chi connectivity index (χ1n) is 4.00. The van der Waals surface area contributed by atoms with Crippen molar-refractivity contribution in [2.45, 2.75) is 13.8 Å². The minimum absolute atomic E-state index is 0.615. The molecule has 0 aliphatic heterocycles. The Labute approximate surface area is 81.1 Å². The van der Waals surface area contributed by atoms with Gasteiger partial charge in [-0.05, 0) is 19.9 Å². The number of aryl methyl sites for hydroxylation is 2. The van der Waals surface area contributed by atoms with Gasteiger partial charge < -0.3 is 10.1 Å². The fourth-order valence-corrected chi connectivity index (χ4v) is 1.58. The van der Waals surface area contributed by atoms with E-state index in [0.29, 0.717) is 10.7 Å². The molecule has 0 saturated heterocycles. The molecule has 3 nitrogen and oxygen atoms in total. The lowest BCUT2D eigenvalue weighted by molar-refractivity contribution is 1.10. The smallest absolute Gasteiger partial charge is 0.160 e. The van der Waals surface area contributed by atoms with Crippen molar-refractivity contribution >= 4 is 22.9 Å². The molecule has 0 fully saturated rings. The van der Waals surface area contributed by atoms with E-state index in [4.69, 9.17) is 17.3 Å². The number of imidazole rings is 1. The molecule has 2 rings (SSSR count). The number of fused-ring (bicyclic) bond motifs is 1. The number of anilines is 1. The number of nitrogens with two attached hydrogens (primary N) is 1. The molecule has 0 amide bonds. The van der Waals surface area contributed by atoms with Crippen LogP contribution in [0.3, 0.4) is 0 Å². The maximum Gasteiger partial charge on any atom is 0.160 e. The molecule has 0 aliphatic carbocycles. The van der Waals surface area contributed by atoms with Crippen LogP contribution in [0.4, 0.5) is 5.69 Å². The number of pyridine rings is 1. The lowest BCUT2D eigenvalue weighted by atomic mass is 10.4. The Hall–Kier alpha value is -1.22. The third kappa shape index (κ3) is 1.16. The standard InChI is InChI=1S/C9H10ClN3/c1-5-6(2)13-4-7(10)3-8(11)9(13)12-5/h3-4H,11H2,1-2H3. The summed E-state index contributed by atoms with van der Waals surface area (Å²) >= 11 is 5.88. The number of halogens is 1. The molecule has 0 aliphatic rings. The Morgan fingerprint density at radius 1 is 1.46 bits per heavy atom. The zero-order chi connectivity index (χ0) is 9.59. The summed E-state index contributed by atoms with van der Waals surface area (Å²) in [5, 5.41) is 0.630. The topological polar surface area (TPSA) is 43.3 Å². The van der Waals surface area contributed by atoms with Crippen LogP contribution in [0.5, 0.6) is 0 Å². The van der Waals surface area contributed by atoms with E-state index in [0.717, 1.165) is 17.0 Å². The van der Waals surface area contributed by atoms with E-state index < -0.39 is 0 Å². The fraction of sp³-hybridized carbons (Fsp3) is 0.222. The molecule has 2 heterocycles. The maximum atomic E-state index is 5.88. The molecule has 2 aromatic heterocycles. The second-order valence-corrected chi connectivity index (χ2v) is 3.53. The molecule has 0 atom stereocenters. The van der Waals surface area contributed by atoms with Gasteiger partial charge in [0.2, 0.25) is 0 Å². The van der Waals surface area contributed by atoms with Crippen molar-refractivity contribution in [1.29, 1.82) is 0 Å². The SMILES string of the molecule is Cc1nc2c(N)cc(Cl)cn2c1C. The van der Waals surface area contributed by atoms with Crippen molar-refractivity contribution in [3.05, 3.63) is 28.7 Å². The highest BCUT2D eigenvalue weighted by Crippen LogP contribution is 2.21. The van der Waals surface area contributed by atoms with E-state index in [-0.39, 0.29) is 0 Å². The predicted octanol–water partition coefficient (Wildman–Crippen LogP) is 2.19. The number of aromatic nitrogens is 2. The van der Waals surface area contributed by atoms with Crippen LogP contribution in [0, 0.1) is 13.8 Å². The Kier molecular flexibility index (Phi) is 1.70. The molecule has 2 N–H and O–H groups in total. The molecular formula is C9H10ClN3. The summed E-state index contributed by atoms with van der Waals surface area (Å²) in [6.45, 7) is 3.95. The number of nitrogens with zero attached hydrogens (tertiary/aromatic N) is 2. The first kappa shape index (κ1) is 8.38. The van der Waals surface area contributed by atoms with E-state index >= 15 is 0 Å². The lowest BCUT2D eigenvalue weighted by Crippen LogP contribution is -1.93. The summed E-state index contributed by atoms with van der Waals surface area (Å²) in [5.41, 5.74) is 9.22. The Bertz CT molecular complexity index is 473. The van der Waals surface area contributed by atoms with Crippen LogP contribution in [0.2, 0.25) is 5.02 Å². The molecule has 0 saturated carbocycles. The van der Waals surface area contributed by atoms with Crippen molar-refractivity contribution in [2.75, 3.05) is 5.73 Å². The van der Waals surface area contributed by atoms with Crippen LogP contribution < -0.4 is 5.73 Å². The van der Waals surface area contributed by atoms with Crippen LogP contribution in [-0.2, 0) is 0 Å². The minimum Gasteiger partial charge on any atom is -0.396 e. The second-order valence-electron chi connectivity index (χ2n) is 3.09. The number of nitrogen functional groups attached to an aromatic ring is 1. The first-order chi connectivity index (χ1) is 6.09. The van der Waals surface area contributed by atoms with Gasteiger partial charge >= 0.3 is 0 Å². The van der Waals surface area contributed by atoms with Gasteiger partial charge in [0.05, 0.1) is 16.4 Å². The van der Waals surface area contributed by atoms with Gasteiger partial charge in [0.25, 0.3) is 0 Å². The van der Waals surface area contributed by atoms with Gasteiger partial charge in [0, 0.05) is 11.9 Å². The molecule has 0 aromatic carbocycles. The van der Waals surface area contributed by atoms with Crippen molar-refractivity contribution < 1.29 is 0 Å². The van der Waals surface area contributed by atoms with Crippen LogP contribution >= 0.6 is 11.6 Å². The second kappa shape index (κ2) is 2.64. The zero-order valence-electron chi connectivity index (χ0n) is 7.50. The van der Waals surface area contributed by atoms with Gasteiger partial charge in [-0.25, -0.2) is 4.98 Å². The number of rotatable bonds is 0. The molecule has 13 heavy (non-hydrogen) atoms. The van der Waals surface area contributed by atoms with Crippen LogP contribution in [-0.4, -0.2) is 9.38 Å². The minimum atomic E-state index is 0.615. The first-order valence-corrected chi connectivity index (χ1v) is 4.37. The highest BCUT2D eigenvalue weighted by molar-refractivity contribution is 6.30. The van der Waals surface area contributed by atoms with E-state index in [9.17, 15) is 0 Å². The largest absolute Gasteiger partial charge is 0.396 e. The monoisotopic (exact) mass is 195 g/mol. The molecule has 2 aromatic rings. The summed E-state index contributed by atoms with van der Waals surface area (Å²) < 4.78 is 1.91. The predicted molar refractivity (Wildman–Crippen MR) is 54.1 cm³/mol. The number of hydrogen-bond donors (Lipinski definition) is 1. The third-order valence-corrected chi connectivity index (χ3v) is 2.40. The van der Waals surface area contributed by atoms with Crippen LogP contribution in [0.1, 0.15) is 11.4 Å². The van der Waals surface area contributed by atoms with Crippen molar-refractivity contribution in [3.63, 3.8) is 0 Å². The summed E-state index contributed by atoms with van der Waals surface area (Å²) in [6, 6.07) is 1.71. The highest BCUT2D eigenvalue weighted by atomic mass is 35.5. The van der Waals surface area contributed by atoms with Crippen molar-refractivity contribution in [1.82, 2.24) is 9.38 Å². The highest BCUT2D eigenvalue weighted by Gasteiger charge is 2.07. The molecule has 0 radical (unpaired) electrons.